The first kappa shape index (κ1) is 21.3. The Morgan fingerprint density at radius 2 is 2.07 bits per heavy atom. The molecular weight excluding hydrogens is 387 g/mol. The van der Waals surface area contributed by atoms with Gasteiger partial charge in [-0.2, -0.15) is 18.3 Å². The highest BCUT2D eigenvalue weighted by Crippen LogP contribution is 2.32. The summed E-state index contributed by atoms with van der Waals surface area (Å²) >= 11 is 0. The zero-order valence-electron chi connectivity index (χ0n) is 16.5. The topological polar surface area (TPSA) is 84.2 Å². The zero-order chi connectivity index (χ0) is 21.6. The Bertz CT molecular complexity index is 996. The van der Waals surface area contributed by atoms with E-state index in [2.05, 4.69) is 10.4 Å². The van der Waals surface area contributed by atoms with Gasteiger partial charge >= 0.3 is 6.18 Å². The minimum Gasteiger partial charge on any atom is -0.390 e. The number of nitrogens with zero attached hydrogens (tertiary/aromatic N) is 2. The van der Waals surface area contributed by atoms with Crippen LogP contribution >= 0.6 is 0 Å². The molecule has 1 fully saturated rings. The van der Waals surface area contributed by atoms with Crippen molar-refractivity contribution in [3.05, 3.63) is 39.8 Å². The lowest BCUT2D eigenvalue weighted by Crippen LogP contribution is -2.39. The molecule has 1 aliphatic rings. The molecule has 2 N–H and O–H groups in total. The normalized spacial score (nSPS) is 22.4. The van der Waals surface area contributed by atoms with E-state index in [9.17, 15) is 27.9 Å². The minimum atomic E-state index is -4.53. The number of aromatic nitrogens is 2. The molecule has 0 radical (unpaired) electrons. The molecule has 3 rings (SSSR count). The molecule has 1 heterocycles. The van der Waals surface area contributed by atoms with Gasteiger partial charge in [-0.3, -0.25) is 9.59 Å². The smallest absolute Gasteiger partial charge is 0.390 e. The average Bonchev–Trinajstić information content (AvgIpc) is 2.94. The van der Waals surface area contributed by atoms with Crippen molar-refractivity contribution in [2.45, 2.75) is 70.3 Å². The first-order valence-corrected chi connectivity index (χ1v) is 9.51. The number of amides is 1. The van der Waals surface area contributed by atoms with E-state index >= 15 is 0 Å². The van der Waals surface area contributed by atoms with Crippen molar-refractivity contribution >= 4 is 16.7 Å². The molecule has 6 nitrogen and oxygen atoms in total. The maximum atomic E-state index is 13.1. The number of rotatable bonds is 4. The number of benzene rings is 1. The molecular formula is C20H24F3N3O3. The van der Waals surface area contributed by atoms with Crippen LogP contribution < -0.4 is 10.9 Å². The van der Waals surface area contributed by atoms with Gasteiger partial charge < -0.3 is 10.4 Å². The fourth-order valence-electron chi connectivity index (χ4n) is 3.77. The second kappa shape index (κ2) is 7.44. The van der Waals surface area contributed by atoms with Crippen molar-refractivity contribution in [1.29, 1.82) is 0 Å². The summed E-state index contributed by atoms with van der Waals surface area (Å²) in [6, 6.07) is 2.74. The van der Waals surface area contributed by atoms with Crippen LogP contribution in [0.1, 0.15) is 57.2 Å². The Balaban J connectivity index is 1.93. The minimum absolute atomic E-state index is 0.0910. The van der Waals surface area contributed by atoms with Crippen LogP contribution in [0.25, 0.3) is 10.8 Å². The monoisotopic (exact) mass is 411 g/mol. The summed E-state index contributed by atoms with van der Waals surface area (Å²) in [4.78, 5) is 25.1. The van der Waals surface area contributed by atoms with Gasteiger partial charge in [0.05, 0.1) is 22.2 Å². The highest BCUT2D eigenvalue weighted by atomic mass is 19.4. The average molecular weight is 411 g/mol. The van der Waals surface area contributed by atoms with Crippen molar-refractivity contribution in [2.24, 2.45) is 0 Å². The van der Waals surface area contributed by atoms with Crippen LogP contribution in [0.15, 0.2) is 23.0 Å². The molecule has 1 saturated carbocycles. The Kier molecular flexibility index (Phi) is 5.46. The summed E-state index contributed by atoms with van der Waals surface area (Å²) in [5.41, 5.74) is -1.97. The SMILES string of the molecule is CC(C)c1nn(CC(=O)N[C@@H]2CC[C@](C)(O)C2)c(=O)c2ccc(C(F)(F)F)cc12. The van der Waals surface area contributed by atoms with Crippen LogP contribution in [0, 0.1) is 0 Å². The highest BCUT2D eigenvalue weighted by Gasteiger charge is 2.34. The number of nitrogens with one attached hydrogen (secondary N) is 1. The van der Waals surface area contributed by atoms with E-state index in [1.165, 1.54) is 0 Å². The fourth-order valence-corrected chi connectivity index (χ4v) is 3.77. The lowest BCUT2D eigenvalue weighted by atomic mass is 10.0. The van der Waals surface area contributed by atoms with Crippen molar-refractivity contribution in [3.63, 3.8) is 0 Å². The van der Waals surface area contributed by atoms with Gasteiger partial charge in [0.1, 0.15) is 6.54 Å². The Morgan fingerprint density at radius 3 is 2.62 bits per heavy atom. The molecule has 1 amide bonds. The van der Waals surface area contributed by atoms with E-state index in [0.717, 1.165) is 22.9 Å². The van der Waals surface area contributed by atoms with Gasteiger partial charge in [-0.1, -0.05) is 13.8 Å². The number of carbonyl (C=O) groups excluding carboxylic acids is 1. The summed E-state index contributed by atoms with van der Waals surface area (Å²) in [7, 11) is 0. The summed E-state index contributed by atoms with van der Waals surface area (Å²) < 4.78 is 40.2. The number of hydrogen-bond acceptors (Lipinski definition) is 4. The van der Waals surface area contributed by atoms with Crippen LogP contribution in [0.4, 0.5) is 13.2 Å². The van der Waals surface area contributed by atoms with Crippen LogP contribution in [-0.4, -0.2) is 32.4 Å². The summed E-state index contributed by atoms with van der Waals surface area (Å²) in [5, 5.41) is 17.2. The third-order valence-electron chi connectivity index (χ3n) is 5.24. The van der Waals surface area contributed by atoms with E-state index in [-0.39, 0.29) is 29.3 Å². The number of carbonyl (C=O) groups is 1. The first-order valence-electron chi connectivity index (χ1n) is 9.51. The van der Waals surface area contributed by atoms with Crippen molar-refractivity contribution in [3.8, 4) is 0 Å². The Morgan fingerprint density at radius 1 is 1.38 bits per heavy atom. The molecule has 158 valence electrons. The van der Waals surface area contributed by atoms with E-state index in [1.807, 2.05) is 0 Å². The number of halogens is 3. The maximum Gasteiger partial charge on any atom is 0.416 e. The van der Waals surface area contributed by atoms with Gasteiger partial charge in [0, 0.05) is 11.4 Å². The number of hydrogen-bond donors (Lipinski definition) is 2. The molecule has 2 aromatic rings. The third kappa shape index (κ3) is 4.60. The van der Waals surface area contributed by atoms with Gasteiger partial charge in [0.15, 0.2) is 0 Å². The molecule has 1 aromatic heterocycles. The van der Waals surface area contributed by atoms with Gasteiger partial charge in [-0.15, -0.1) is 0 Å². The molecule has 0 unspecified atom stereocenters. The zero-order valence-corrected chi connectivity index (χ0v) is 16.5. The van der Waals surface area contributed by atoms with Gasteiger partial charge in [0.2, 0.25) is 5.91 Å². The predicted molar refractivity (Wildman–Crippen MR) is 101 cm³/mol. The van der Waals surface area contributed by atoms with Gasteiger partial charge in [-0.25, -0.2) is 4.68 Å². The third-order valence-corrected chi connectivity index (χ3v) is 5.24. The highest BCUT2D eigenvalue weighted by molar-refractivity contribution is 5.85. The van der Waals surface area contributed by atoms with E-state index in [0.29, 0.717) is 25.0 Å². The van der Waals surface area contributed by atoms with E-state index in [1.54, 1.807) is 20.8 Å². The quantitative estimate of drug-likeness (QED) is 0.810. The lowest BCUT2D eigenvalue weighted by Gasteiger charge is -2.18. The largest absolute Gasteiger partial charge is 0.416 e. The summed E-state index contributed by atoms with van der Waals surface area (Å²) in [5.74, 6) is -0.677. The predicted octanol–water partition coefficient (Wildman–Crippen LogP) is 2.96. The van der Waals surface area contributed by atoms with Crippen molar-refractivity contribution < 1.29 is 23.1 Å². The fraction of sp³-hybridized carbons (Fsp3) is 0.550. The molecule has 0 bridgehead atoms. The second-order valence-corrected chi connectivity index (χ2v) is 8.27. The van der Waals surface area contributed by atoms with Gasteiger partial charge in [0.25, 0.3) is 5.56 Å². The number of aliphatic hydroxyl groups is 1. The number of fused-ring (bicyclic) bond motifs is 1. The molecule has 2 atom stereocenters. The maximum absolute atomic E-state index is 13.1. The van der Waals surface area contributed by atoms with Crippen LogP contribution in [0.5, 0.6) is 0 Å². The van der Waals surface area contributed by atoms with Gasteiger partial charge in [-0.05, 0) is 50.3 Å². The molecule has 1 aliphatic carbocycles. The van der Waals surface area contributed by atoms with Crippen molar-refractivity contribution in [1.82, 2.24) is 15.1 Å². The lowest BCUT2D eigenvalue weighted by molar-refractivity contribution is -0.137. The first-order chi connectivity index (χ1) is 13.4. The van der Waals surface area contributed by atoms with Crippen LogP contribution in [0.3, 0.4) is 0 Å². The Hall–Kier alpha value is -2.42. The van der Waals surface area contributed by atoms with E-state index < -0.39 is 28.8 Å². The summed E-state index contributed by atoms with van der Waals surface area (Å²) in [6.45, 7) is 4.89. The molecule has 0 spiro atoms. The second-order valence-electron chi connectivity index (χ2n) is 8.27. The summed E-state index contributed by atoms with van der Waals surface area (Å²) in [6.07, 6.45) is -2.89. The molecule has 0 saturated heterocycles. The van der Waals surface area contributed by atoms with Crippen LogP contribution in [-0.2, 0) is 17.5 Å². The van der Waals surface area contributed by atoms with E-state index in [4.69, 9.17) is 0 Å². The molecule has 0 aliphatic heterocycles. The Labute approximate surface area is 165 Å². The van der Waals surface area contributed by atoms with Crippen LogP contribution in [0.2, 0.25) is 0 Å². The molecule has 29 heavy (non-hydrogen) atoms. The standard InChI is InChI=1S/C20H24F3N3O3/c1-11(2)17-15-8-12(20(21,22)23)4-5-14(15)18(28)26(25-17)10-16(27)24-13-6-7-19(3,29)9-13/h4-5,8,11,13,29H,6-7,9-10H2,1-3H3,(H,24,27)/t13-,19+/m1/s1. The number of alkyl halides is 3. The molecule has 1 aromatic carbocycles. The van der Waals surface area contributed by atoms with Crippen molar-refractivity contribution in [2.75, 3.05) is 0 Å². The molecule has 9 heteroatoms.